The number of thioether (sulfide) groups is 2. The molecule has 0 unspecified atom stereocenters. The second-order valence-corrected chi connectivity index (χ2v) is 8.80. The van der Waals surface area contributed by atoms with E-state index in [4.69, 9.17) is 5.11 Å². The van der Waals surface area contributed by atoms with Crippen molar-refractivity contribution < 1.29 is 9.90 Å². The first kappa shape index (κ1) is 14.9. The minimum Gasteiger partial charge on any atom is -0.477 e. The topological polar surface area (TPSA) is 37.3 Å². The summed E-state index contributed by atoms with van der Waals surface area (Å²) in [6.07, 6.45) is 0. The first-order valence-electron chi connectivity index (χ1n) is 4.81. The maximum absolute atomic E-state index is 11.0. The molecule has 0 aromatic carbocycles. The summed E-state index contributed by atoms with van der Waals surface area (Å²) >= 11 is 2.94. The van der Waals surface area contributed by atoms with E-state index in [0.717, 1.165) is 0 Å². The molecule has 0 spiro atoms. The van der Waals surface area contributed by atoms with Gasteiger partial charge in [-0.15, -0.1) is 23.5 Å². The molecule has 0 radical (unpaired) electrons. The molecule has 0 heterocycles. The predicted molar refractivity (Wildman–Crippen MR) is 70.4 cm³/mol. The van der Waals surface area contributed by atoms with Gasteiger partial charge < -0.3 is 5.11 Å². The van der Waals surface area contributed by atoms with Crippen LogP contribution in [-0.4, -0.2) is 20.6 Å². The van der Waals surface area contributed by atoms with Crippen LogP contribution in [0.15, 0.2) is 10.3 Å². The minimum absolute atomic E-state index is 0.0547. The Balaban J connectivity index is 4.62. The van der Waals surface area contributed by atoms with Gasteiger partial charge in [-0.1, -0.05) is 41.5 Å². The van der Waals surface area contributed by atoms with E-state index in [2.05, 4.69) is 20.8 Å². The Hall–Kier alpha value is -0.0900. The Morgan fingerprint density at radius 2 is 1.53 bits per heavy atom. The summed E-state index contributed by atoms with van der Waals surface area (Å²) < 4.78 is -0.0121. The molecule has 0 saturated carbocycles. The smallest absolute Gasteiger partial charge is 0.342 e. The Morgan fingerprint density at radius 1 is 1.07 bits per heavy atom. The highest BCUT2D eigenvalue weighted by Crippen LogP contribution is 2.35. The average Bonchev–Trinajstić information content (AvgIpc) is 1.93. The van der Waals surface area contributed by atoms with Crippen molar-refractivity contribution in [1.29, 1.82) is 0 Å². The third-order valence-electron chi connectivity index (χ3n) is 1.15. The number of hydrogen-bond donors (Lipinski definition) is 1. The van der Waals surface area contributed by atoms with E-state index in [1.165, 1.54) is 11.8 Å². The van der Waals surface area contributed by atoms with Gasteiger partial charge in [0.25, 0.3) is 0 Å². The zero-order valence-corrected chi connectivity index (χ0v) is 11.9. The summed E-state index contributed by atoms with van der Waals surface area (Å²) in [7, 11) is 0. The lowest BCUT2D eigenvalue weighted by Crippen LogP contribution is -2.12. The van der Waals surface area contributed by atoms with Crippen LogP contribution < -0.4 is 0 Å². The van der Waals surface area contributed by atoms with Gasteiger partial charge in [-0.2, -0.15) is 0 Å². The standard InChI is InChI=1S/C11H20O2S2/c1-10(2,3)14-7-8(9(12)13)15-11(4,5)6/h7H,1-6H3,(H,12,13). The highest BCUT2D eigenvalue weighted by molar-refractivity contribution is 8.08. The molecule has 0 aromatic rings. The van der Waals surface area contributed by atoms with Crippen molar-refractivity contribution in [3.63, 3.8) is 0 Å². The number of rotatable bonds is 3. The molecule has 0 saturated heterocycles. The fourth-order valence-electron chi connectivity index (χ4n) is 0.678. The number of carbonyl (C=O) groups is 1. The summed E-state index contributed by atoms with van der Waals surface area (Å²) in [4.78, 5) is 11.4. The first-order valence-corrected chi connectivity index (χ1v) is 6.51. The molecule has 0 aliphatic carbocycles. The molecule has 1 N–H and O–H groups in total. The number of aliphatic carboxylic acids is 1. The van der Waals surface area contributed by atoms with E-state index in [-0.39, 0.29) is 9.49 Å². The van der Waals surface area contributed by atoms with E-state index in [0.29, 0.717) is 4.91 Å². The van der Waals surface area contributed by atoms with Gasteiger partial charge >= 0.3 is 5.97 Å². The van der Waals surface area contributed by atoms with Crippen molar-refractivity contribution in [3.8, 4) is 0 Å². The zero-order chi connectivity index (χ0) is 12.3. The lowest BCUT2D eigenvalue weighted by molar-refractivity contribution is -0.131. The highest BCUT2D eigenvalue weighted by atomic mass is 32.2. The Morgan fingerprint density at radius 3 is 1.80 bits per heavy atom. The van der Waals surface area contributed by atoms with Crippen LogP contribution in [0.1, 0.15) is 41.5 Å². The maximum atomic E-state index is 11.0. The maximum Gasteiger partial charge on any atom is 0.342 e. The molecule has 0 amide bonds. The first-order chi connectivity index (χ1) is 6.51. The van der Waals surface area contributed by atoms with Crippen LogP contribution in [0.2, 0.25) is 0 Å². The van der Waals surface area contributed by atoms with Crippen LogP contribution >= 0.6 is 23.5 Å². The largest absolute Gasteiger partial charge is 0.477 e. The lowest BCUT2D eigenvalue weighted by Gasteiger charge is -2.19. The fraction of sp³-hybridized carbons (Fsp3) is 0.727. The molecule has 15 heavy (non-hydrogen) atoms. The summed E-state index contributed by atoms with van der Waals surface area (Å²) in [6, 6.07) is 0. The average molecular weight is 248 g/mol. The van der Waals surface area contributed by atoms with Crippen LogP contribution in [0.4, 0.5) is 0 Å². The van der Waals surface area contributed by atoms with Crippen LogP contribution in [0.25, 0.3) is 0 Å². The van der Waals surface area contributed by atoms with Crippen LogP contribution in [0.5, 0.6) is 0 Å². The minimum atomic E-state index is -0.841. The second-order valence-electron chi connectivity index (χ2n) is 5.23. The monoisotopic (exact) mass is 248 g/mol. The van der Waals surface area contributed by atoms with Crippen LogP contribution in [-0.2, 0) is 4.79 Å². The SMILES string of the molecule is CC(C)(C)SC=C(SC(C)(C)C)C(=O)O. The van der Waals surface area contributed by atoms with E-state index in [9.17, 15) is 4.79 Å². The van der Waals surface area contributed by atoms with E-state index in [1.54, 1.807) is 17.2 Å². The molecule has 4 heteroatoms. The molecular weight excluding hydrogens is 228 g/mol. The molecule has 0 aromatic heterocycles. The van der Waals surface area contributed by atoms with Crippen LogP contribution in [0.3, 0.4) is 0 Å². The molecule has 0 rings (SSSR count). The molecular formula is C11H20O2S2. The molecule has 0 aliphatic heterocycles. The second kappa shape index (κ2) is 5.30. The molecule has 0 atom stereocenters. The van der Waals surface area contributed by atoms with Gasteiger partial charge in [-0.25, -0.2) is 4.79 Å². The normalized spacial score (nSPS) is 14.1. The molecule has 0 fully saturated rings. The predicted octanol–water partition coefficient (Wildman–Crippen LogP) is 3.98. The fourth-order valence-corrected chi connectivity index (χ4v) is 2.32. The summed E-state index contributed by atoms with van der Waals surface area (Å²) in [5.74, 6) is -0.841. The Labute approximate surface area is 101 Å². The van der Waals surface area contributed by atoms with Crippen molar-refractivity contribution in [1.82, 2.24) is 0 Å². The van der Waals surface area contributed by atoms with Crippen molar-refractivity contribution in [3.05, 3.63) is 10.3 Å². The van der Waals surface area contributed by atoms with Crippen molar-refractivity contribution in [2.24, 2.45) is 0 Å². The van der Waals surface area contributed by atoms with Crippen LogP contribution in [0, 0.1) is 0 Å². The van der Waals surface area contributed by atoms with Crippen molar-refractivity contribution in [2.75, 3.05) is 0 Å². The van der Waals surface area contributed by atoms with Crippen molar-refractivity contribution >= 4 is 29.5 Å². The quantitative estimate of drug-likeness (QED) is 0.767. The molecule has 2 nitrogen and oxygen atoms in total. The van der Waals surface area contributed by atoms with Gasteiger partial charge in [0.1, 0.15) is 0 Å². The van der Waals surface area contributed by atoms with Gasteiger partial charge in [-0.3, -0.25) is 0 Å². The summed E-state index contributed by atoms with van der Waals surface area (Å²) in [5.41, 5.74) is 0. The van der Waals surface area contributed by atoms with Gasteiger partial charge in [0.05, 0.1) is 4.91 Å². The summed E-state index contributed by atoms with van der Waals surface area (Å²) in [6.45, 7) is 12.2. The van der Waals surface area contributed by atoms with Gasteiger partial charge in [0.15, 0.2) is 0 Å². The number of carboxylic acid groups (broad SMARTS) is 1. The third-order valence-corrected chi connectivity index (χ3v) is 3.48. The lowest BCUT2D eigenvalue weighted by atomic mass is 10.3. The van der Waals surface area contributed by atoms with E-state index >= 15 is 0 Å². The highest BCUT2D eigenvalue weighted by Gasteiger charge is 2.20. The Bertz CT molecular complexity index is 257. The summed E-state index contributed by atoms with van der Waals surface area (Å²) in [5, 5.41) is 10.8. The van der Waals surface area contributed by atoms with E-state index < -0.39 is 5.97 Å². The van der Waals surface area contributed by atoms with Gasteiger partial charge in [0.2, 0.25) is 0 Å². The molecule has 0 aliphatic rings. The third kappa shape index (κ3) is 8.88. The molecule has 88 valence electrons. The van der Waals surface area contributed by atoms with E-state index in [1.807, 2.05) is 20.8 Å². The Kier molecular flexibility index (Phi) is 5.27. The molecule has 0 bridgehead atoms. The van der Waals surface area contributed by atoms with Crippen molar-refractivity contribution in [2.45, 2.75) is 51.0 Å². The zero-order valence-electron chi connectivity index (χ0n) is 10.2. The van der Waals surface area contributed by atoms with Gasteiger partial charge in [-0.05, 0) is 5.41 Å². The number of carboxylic acids is 1. The number of hydrogen-bond acceptors (Lipinski definition) is 3. The van der Waals surface area contributed by atoms with Gasteiger partial charge in [0, 0.05) is 9.49 Å².